The zero-order valence-corrected chi connectivity index (χ0v) is 14.3. The van der Waals surface area contributed by atoms with Gasteiger partial charge in [-0.3, -0.25) is 9.59 Å². The molecule has 24 heavy (non-hydrogen) atoms. The van der Waals surface area contributed by atoms with Gasteiger partial charge < -0.3 is 14.8 Å². The van der Waals surface area contributed by atoms with Crippen LogP contribution in [-0.2, 0) is 9.53 Å². The molecule has 1 atom stereocenters. The monoisotopic (exact) mass is 347 g/mol. The fraction of sp³-hybridized carbons (Fsp3) is 0.235. The summed E-state index contributed by atoms with van der Waals surface area (Å²) in [5.74, 6) is -0.490. The van der Waals surface area contributed by atoms with Gasteiger partial charge in [-0.25, -0.2) is 4.79 Å². The van der Waals surface area contributed by atoms with Gasteiger partial charge in [-0.2, -0.15) is 0 Å². The van der Waals surface area contributed by atoms with Crippen LogP contribution >= 0.6 is 11.3 Å². The van der Waals surface area contributed by atoms with E-state index < -0.39 is 12.1 Å². The highest BCUT2D eigenvalue weighted by Crippen LogP contribution is 2.23. The number of rotatable bonds is 6. The molecule has 0 saturated heterocycles. The lowest BCUT2D eigenvalue weighted by molar-refractivity contribution is -0.114. The number of Topliss-reactive ketones (excluding diaryl/α,β-unsaturated/α-hetero) is 1. The Morgan fingerprint density at radius 2 is 1.75 bits per heavy atom. The van der Waals surface area contributed by atoms with E-state index in [1.54, 1.807) is 36.4 Å². The number of hydrogen-bond acceptors (Lipinski definition) is 6. The Labute approximate surface area is 143 Å². The average molecular weight is 347 g/mol. The van der Waals surface area contributed by atoms with Crippen molar-refractivity contribution in [1.82, 2.24) is 0 Å². The molecule has 0 bridgehead atoms. The zero-order valence-electron chi connectivity index (χ0n) is 13.5. The van der Waals surface area contributed by atoms with Gasteiger partial charge >= 0.3 is 5.97 Å². The maximum absolute atomic E-state index is 12.3. The summed E-state index contributed by atoms with van der Waals surface area (Å²) in [5.41, 5.74) is 0.432. The number of anilines is 1. The number of hydrogen-bond donors (Lipinski definition) is 1. The lowest BCUT2D eigenvalue weighted by Gasteiger charge is -2.12. The van der Waals surface area contributed by atoms with Crippen LogP contribution in [0.5, 0.6) is 5.75 Å². The standard InChI is InChI=1S/C17H17NO5S/c1-10(16(20)12-4-6-13(22-3)7-5-12)23-17(21)14-8-9-15(24-14)18-11(2)19/h4-10H,1-3H3,(H,18,19). The lowest BCUT2D eigenvalue weighted by atomic mass is 10.1. The first-order chi connectivity index (χ1) is 11.4. The lowest BCUT2D eigenvalue weighted by Crippen LogP contribution is -2.24. The predicted octanol–water partition coefficient (Wildman–Crippen LogP) is 3.14. The Morgan fingerprint density at radius 1 is 1.08 bits per heavy atom. The van der Waals surface area contributed by atoms with Gasteiger partial charge in [0.2, 0.25) is 11.7 Å². The van der Waals surface area contributed by atoms with E-state index in [9.17, 15) is 14.4 Å². The van der Waals surface area contributed by atoms with Crippen LogP contribution in [0.3, 0.4) is 0 Å². The number of amides is 1. The van der Waals surface area contributed by atoms with Gasteiger partial charge in [0.25, 0.3) is 0 Å². The van der Waals surface area contributed by atoms with E-state index in [0.29, 0.717) is 21.2 Å². The molecule has 0 saturated carbocycles. The number of methoxy groups -OCH3 is 1. The zero-order chi connectivity index (χ0) is 17.7. The summed E-state index contributed by atoms with van der Waals surface area (Å²) in [4.78, 5) is 35.7. The van der Waals surface area contributed by atoms with Crippen molar-refractivity contribution in [2.75, 3.05) is 12.4 Å². The highest BCUT2D eigenvalue weighted by atomic mass is 32.1. The molecule has 2 aromatic rings. The molecular weight excluding hydrogens is 330 g/mol. The Kier molecular flexibility index (Phi) is 5.70. The first-order valence-corrected chi connectivity index (χ1v) is 7.99. The van der Waals surface area contributed by atoms with Gasteiger partial charge in [0.1, 0.15) is 10.6 Å². The summed E-state index contributed by atoms with van der Waals surface area (Å²) < 4.78 is 10.2. The van der Waals surface area contributed by atoms with Crippen LogP contribution in [0.2, 0.25) is 0 Å². The number of benzene rings is 1. The predicted molar refractivity (Wildman–Crippen MR) is 90.8 cm³/mol. The summed E-state index contributed by atoms with van der Waals surface area (Å²) in [5, 5.41) is 3.13. The van der Waals surface area contributed by atoms with E-state index in [0.717, 1.165) is 11.3 Å². The molecule has 1 heterocycles. The molecule has 0 aliphatic carbocycles. The molecule has 1 amide bonds. The van der Waals surface area contributed by atoms with E-state index in [2.05, 4.69) is 5.32 Å². The number of carbonyl (C=O) groups excluding carboxylic acids is 3. The minimum Gasteiger partial charge on any atom is -0.497 e. The van der Waals surface area contributed by atoms with Crippen molar-refractivity contribution in [3.63, 3.8) is 0 Å². The van der Waals surface area contributed by atoms with Crippen molar-refractivity contribution in [2.45, 2.75) is 20.0 Å². The maximum atomic E-state index is 12.3. The minimum absolute atomic E-state index is 0.222. The van der Waals surface area contributed by atoms with E-state index in [1.807, 2.05) is 0 Å². The second-order valence-electron chi connectivity index (χ2n) is 4.99. The van der Waals surface area contributed by atoms with Crippen molar-refractivity contribution in [2.24, 2.45) is 0 Å². The van der Waals surface area contributed by atoms with Crippen molar-refractivity contribution < 1.29 is 23.9 Å². The van der Waals surface area contributed by atoms with Crippen LogP contribution in [0, 0.1) is 0 Å². The van der Waals surface area contributed by atoms with Crippen molar-refractivity contribution in [1.29, 1.82) is 0 Å². The Bertz CT molecular complexity index is 751. The molecule has 6 nitrogen and oxygen atoms in total. The first kappa shape index (κ1) is 17.7. The molecule has 7 heteroatoms. The summed E-state index contributed by atoms with van der Waals surface area (Å²) in [6, 6.07) is 9.72. The molecule has 0 spiro atoms. The Morgan fingerprint density at radius 3 is 2.33 bits per heavy atom. The summed E-state index contributed by atoms with van der Waals surface area (Å²) >= 11 is 1.09. The molecule has 1 unspecified atom stereocenters. The van der Waals surface area contributed by atoms with Crippen LogP contribution in [0.25, 0.3) is 0 Å². The van der Waals surface area contributed by atoms with Crippen LogP contribution in [0.4, 0.5) is 5.00 Å². The molecule has 126 valence electrons. The highest BCUT2D eigenvalue weighted by molar-refractivity contribution is 7.18. The Balaban J connectivity index is 2.00. The van der Waals surface area contributed by atoms with Crippen molar-refractivity contribution >= 4 is 34.0 Å². The van der Waals surface area contributed by atoms with E-state index in [4.69, 9.17) is 9.47 Å². The van der Waals surface area contributed by atoms with Crippen molar-refractivity contribution in [3.05, 3.63) is 46.8 Å². The molecule has 1 aromatic carbocycles. The summed E-state index contributed by atoms with van der Waals surface area (Å²) in [7, 11) is 1.54. The maximum Gasteiger partial charge on any atom is 0.349 e. The fourth-order valence-corrected chi connectivity index (χ4v) is 2.79. The van der Waals surface area contributed by atoms with Crippen LogP contribution in [0.1, 0.15) is 33.9 Å². The number of carbonyl (C=O) groups is 3. The molecule has 0 aliphatic heterocycles. The number of ether oxygens (including phenoxy) is 2. The molecule has 1 aromatic heterocycles. The third kappa shape index (κ3) is 4.42. The minimum atomic E-state index is -0.919. The largest absolute Gasteiger partial charge is 0.497 e. The van der Waals surface area contributed by atoms with Gasteiger partial charge in [-0.15, -0.1) is 11.3 Å². The smallest absolute Gasteiger partial charge is 0.349 e. The van der Waals surface area contributed by atoms with Crippen LogP contribution in [0.15, 0.2) is 36.4 Å². The van der Waals surface area contributed by atoms with Gasteiger partial charge in [-0.05, 0) is 43.3 Å². The van der Waals surface area contributed by atoms with Gasteiger partial charge in [0, 0.05) is 12.5 Å². The third-order valence-corrected chi connectivity index (χ3v) is 4.11. The summed E-state index contributed by atoms with van der Waals surface area (Å²) in [6.07, 6.45) is -0.919. The van der Waals surface area contributed by atoms with E-state index >= 15 is 0 Å². The number of thiophene rings is 1. The van der Waals surface area contributed by atoms with Gasteiger partial charge in [0.05, 0.1) is 12.1 Å². The molecule has 0 fully saturated rings. The quantitative estimate of drug-likeness (QED) is 0.641. The van der Waals surface area contributed by atoms with Crippen LogP contribution in [-0.4, -0.2) is 30.9 Å². The fourth-order valence-electron chi connectivity index (χ4n) is 1.95. The molecular formula is C17H17NO5S. The van der Waals surface area contributed by atoms with E-state index in [1.165, 1.54) is 21.0 Å². The SMILES string of the molecule is COc1ccc(C(=O)C(C)OC(=O)c2ccc(NC(C)=O)s2)cc1. The normalized spacial score (nSPS) is 11.5. The van der Waals surface area contributed by atoms with Gasteiger partial charge in [0.15, 0.2) is 6.10 Å². The van der Waals surface area contributed by atoms with Crippen LogP contribution < -0.4 is 10.1 Å². The number of nitrogens with one attached hydrogen (secondary N) is 1. The third-order valence-electron chi connectivity index (χ3n) is 3.13. The van der Waals surface area contributed by atoms with Gasteiger partial charge in [-0.1, -0.05) is 0 Å². The molecule has 0 radical (unpaired) electrons. The second kappa shape index (κ2) is 7.74. The topological polar surface area (TPSA) is 81.7 Å². The Hall–Kier alpha value is -2.67. The van der Waals surface area contributed by atoms with E-state index in [-0.39, 0.29) is 11.7 Å². The first-order valence-electron chi connectivity index (χ1n) is 7.17. The summed E-state index contributed by atoms with van der Waals surface area (Å²) in [6.45, 7) is 2.90. The molecule has 2 rings (SSSR count). The number of esters is 1. The molecule has 1 N–H and O–H groups in total. The molecule has 0 aliphatic rings. The highest BCUT2D eigenvalue weighted by Gasteiger charge is 2.21. The van der Waals surface area contributed by atoms with Crippen molar-refractivity contribution in [3.8, 4) is 5.75 Å². The number of ketones is 1. The second-order valence-corrected chi connectivity index (χ2v) is 6.07. The average Bonchev–Trinajstić information content (AvgIpc) is 3.02.